The molecule has 1 heterocycles. The van der Waals surface area contributed by atoms with Gasteiger partial charge in [-0.05, 0) is 50.6 Å². The molecule has 13 heteroatoms. The van der Waals surface area contributed by atoms with Crippen LogP contribution in [-0.2, 0) is 30.2 Å². The van der Waals surface area contributed by atoms with Crippen molar-refractivity contribution in [2.24, 2.45) is 0 Å². The molecule has 12 nitrogen and oxygen atoms in total. The number of nitrogens with one attached hydrogen (secondary N) is 2. The number of alkyl carbamates (subject to hydrolysis) is 1. The van der Waals surface area contributed by atoms with E-state index in [9.17, 15) is 19.5 Å². The summed E-state index contributed by atoms with van der Waals surface area (Å²) < 4.78 is 27.1. The summed E-state index contributed by atoms with van der Waals surface area (Å²) in [5, 5.41) is 23.3. The normalized spacial score (nSPS) is 11.8. The molecule has 0 spiro atoms. The van der Waals surface area contributed by atoms with Crippen molar-refractivity contribution in [1.82, 2.24) is 10.6 Å². The number of thiophene rings is 1. The Morgan fingerprint density at radius 3 is 2.10 bits per heavy atom. The number of nitrogens with zero attached hydrogens (tertiary/aromatic N) is 1. The summed E-state index contributed by atoms with van der Waals surface area (Å²) in [5.41, 5.74) is -0.00575. The predicted octanol–water partition coefficient (Wildman–Crippen LogP) is 3.00. The number of carbonyl (C=O) groups excluding carboxylic acids is 2. The maximum Gasteiger partial charge on any atom is 0.408 e. The Kier molecular flexibility index (Phi) is 14.6. The largest absolute Gasteiger partial charge is 0.491 e. The van der Waals surface area contributed by atoms with Gasteiger partial charge in [-0.25, -0.2) is 9.59 Å². The summed E-state index contributed by atoms with van der Waals surface area (Å²) in [7, 11) is 0. The van der Waals surface area contributed by atoms with Crippen molar-refractivity contribution in [3.63, 3.8) is 0 Å². The van der Waals surface area contributed by atoms with Gasteiger partial charge in [0.2, 0.25) is 0 Å². The standard InChI is InChI=1S/C28H37N3O9S/c1-28(2,3)40-27(35)31-23(26(33)34)18-20-4-6-21(7-5-20)39-17-16-38-15-14-37-13-12-36-11-10-30-25(32)24-9-8-22(19-29)41-24/h4-9,23H,10-18H2,1-3H3,(H,30,32)(H,31,35)(H,33,34)/t23-/m0/s1. The molecule has 0 saturated carbocycles. The van der Waals surface area contributed by atoms with E-state index in [0.717, 1.165) is 16.9 Å². The Morgan fingerprint density at radius 1 is 0.927 bits per heavy atom. The minimum Gasteiger partial charge on any atom is -0.491 e. The lowest BCUT2D eigenvalue weighted by Crippen LogP contribution is -2.44. The minimum atomic E-state index is -1.16. The second-order valence-electron chi connectivity index (χ2n) is 9.60. The van der Waals surface area contributed by atoms with Gasteiger partial charge in [-0.2, -0.15) is 5.26 Å². The van der Waals surface area contributed by atoms with Crippen LogP contribution in [0.15, 0.2) is 36.4 Å². The molecule has 2 rings (SSSR count). The summed E-state index contributed by atoms with van der Waals surface area (Å²) in [6.45, 7) is 8.08. The van der Waals surface area contributed by atoms with Crippen LogP contribution >= 0.6 is 11.3 Å². The van der Waals surface area contributed by atoms with E-state index in [-0.39, 0.29) is 12.3 Å². The molecule has 224 valence electrons. The highest BCUT2D eigenvalue weighted by atomic mass is 32.1. The number of ether oxygens (including phenoxy) is 5. The number of rotatable bonds is 18. The van der Waals surface area contributed by atoms with Crippen molar-refractivity contribution < 1.29 is 43.2 Å². The zero-order valence-electron chi connectivity index (χ0n) is 23.5. The van der Waals surface area contributed by atoms with Gasteiger partial charge in [0.25, 0.3) is 5.91 Å². The average molecular weight is 592 g/mol. The third-order valence-corrected chi connectivity index (χ3v) is 6.05. The van der Waals surface area contributed by atoms with Crippen LogP contribution in [0.4, 0.5) is 4.79 Å². The fourth-order valence-electron chi connectivity index (χ4n) is 3.21. The second-order valence-corrected chi connectivity index (χ2v) is 10.7. The van der Waals surface area contributed by atoms with Gasteiger partial charge >= 0.3 is 12.1 Å². The van der Waals surface area contributed by atoms with Crippen LogP contribution in [0, 0.1) is 11.3 Å². The smallest absolute Gasteiger partial charge is 0.408 e. The average Bonchev–Trinajstić information content (AvgIpc) is 3.40. The summed E-state index contributed by atoms with van der Waals surface area (Å²) in [4.78, 5) is 36.4. The van der Waals surface area contributed by atoms with Crippen LogP contribution < -0.4 is 15.4 Å². The van der Waals surface area contributed by atoms with Crippen molar-refractivity contribution in [1.29, 1.82) is 5.26 Å². The van der Waals surface area contributed by atoms with Crippen LogP contribution in [0.25, 0.3) is 0 Å². The van der Waals surface area contributed by atoms with Gasteiger partial charge in [0, 0.05) is 13.0 Å². The SMILES string of the molecule is CC(C)(C)OC(=O)N[C@@H](Cc1ccc(OCCOCCOCCOCCNC(=O)c2ccc(C#N)s2)cc1)C(=O)O. The molecule has 0 aliphatic rings. The molecule has 0 unspecified atom stereocenters. The van der Waals surface area contributed by atoms with E-state index in [4.69, 9.17) is 28.9 Å². The van der Waals surface area contributed by atoms with Gasteiger partial charge in [-0.3, -0.25) is 4.79 Å². The Labute approximate surface area is 243 Å². The molecule has 0 saturated heterocycles. The van der Waals surface area contributed by atoms with E-state index in [1.165, 1.54) is 0 Å². The highest BCUT2D eigenvalue weighted by molar-refractivity contribution is 7.14. The number of hydrogen-bond donors (Lipinski definition) is 3. The summed E-state index contributed by atoms with van der Waals surface area (Å²) in [6.07, 6.45) is -0.686. The summed E-state index contributed by atoms with van der Waals surface area (Å²) in [6, 6.07) is 11.0. The van der Waals surface area contributed by atoms with Crippen molar-refractivity contribution in [3.05, 3.63) is 51.7 Å². The van der Waals surface area contributed by atoms with Crippen molar-refractivity contribution in [2.75, 3.05) is 52.8 Å². The lowest BCUT2D eigenvalue weighted by atomic mass is 10.1. The first-order valence-electron chi connectivity index (χ1n) is 13.0. The molecule has 0 aliphatic heterocycles. The molecule has 1 aromatic heterocycles. The fourth-order valence-corrected chi connectivity index (χ4v) is 3.93. The molecule has 0 fully saturated rings. The molecule has 3 N–H and O–H groups in total. The molecule has 1 atom stereocenters. The number of carboxylic acids is 1. The van der Waals surface area contributed by atoms with Crippen LogP contribution in [-0.4, -0.2) is 87.5 Å². The van der Waals surface area contributed by atoms with Gasteiger partial charge in [0.15, 0.2) is 0 Å². The van der Waals surface area contributed by atoms with Crippen LogP contribution in [0.2, 0.25) is 0 Å². The third-order valence-electron chi connectivity index (χ3n) is 5.06. The van der Waals surface area contributed by atoms with E-state index in [2.05, 4.69) is 10.6 Å². The van der Waals surface area contributed by atoms with Crippen molar-refractivity contribution in [3.8, 4) is 11.8 Å². The molecule has 41 heavy (non-hydrogen) atoms. The Balaban J connectivity index is 1.48. The molecular formula is C28H37N3O9S. The maximum absolute atomic E-state index is 11.9. The van der Waals surface area contributed by atoms with Crippen molar-refractivity contribution >= 4 is 29.3 Å². The number of carboxylic acid groups (broad SMARTS) is 1. The van der Waals surface area contributed by atoms with Gasteiger partial charge in [0.05, 0.1) is 44.5 Å². The number of benzene rings is 1. The highest BCUT2D eigenvalue weighted by Crippen LogP contribution is 2.15. The first-order valence-corrected chi connectivity index (χ1v) is 13.8. The maximum atomic E-state index is 11.9. The van der Waals surface area contributed by atoms with E-state index >= 15 is 0 Å². The van der Waals surface area contributed by atoms with Crippen LogP contribution in [0.3, 0.4) is 0 Å². The molecule has 2 aromatic rings. The molecule has 0 aliphatic carbocycles. The predicted molar refractivity (Wildman–Crippen MR) is 150 cm³/mol. The van der Waals surface area contributed by atoms with Gasteiger partial charge in [-0.15, -0.1) is 11.3 Å². The first-order chi connectivity index (χ1) is 19.6. The van der Waals surface area contributed by atoms with E-state index in [0.29, 0.717) is 68.3 Å². The summed E-state index contributed by atoms with van der Waals surface area (Å²) in [5.74, 6) is -0.776. The zero-order valence-corrected chi connectivity index (χ0v) is 24.3. The molecule has 0 bridgehead atoms. The minimum absolute atomic E-state index is 0.0973. The first kappa shape index (κ1) is 33.5. The van der Waals surface area contributed by atoms with E-state index in [1.807, 2.05) is 6.07 Å². The Hall–Kier alpha value is -3.70. The Morgan fingerprint density at radius 2 is 1.54 bits per heavy atom. The molecular weight excluding hydrogens is 554 g/mol. The monoisotopic (exact) mass is 591 g/mol. The Bertz CT molecular complexity index is 1140. The van der Waals surface area contributed by atoms with Crippen LogP contribution in [0.1, 0.15) is 40.9 Å². The number of nitriles is 1. The van der Waals surface area contributed by atoms with E-state index < -0.39 is 23.7 Å². The molecule has 1 aromatic carbocycles. The molecule has 2 amide bonds. The number of carbonyl (C=O) groups is 3. The van der Waals surface area contributed by atoms with Crippen LogP contribution in [0.5, 0.6) is 5.75 Å². The van der Waals surface area contributed by atoms with Crippen molar-refractivity contribution in [2.45, 2.75) is 38.8 Å². The third kappa shape index (κ3) is 14.5. The second kappa shape index (κ2) is 17.9. The van der Waals surface area contributed by atoms with E-state index in [1.54, 1.807) is 57.2 Å². The quantitative estimate of drug-likeness (QED) is 0.219. The number of amides is 2. The topological polar surface area (TPSA) is 165 Å². The lowest BCUT2D eigenvalue weighted by Gasteiger charge is -2.22. The fraction of sp³-hybridized carbons (Fsp3) is 0.500. The molecule has 0 radical (unpaired) electrons. The van der Waals surface area contributed by atoms with Gasteiger partial charge < -0.3 is 39.4 Å². The lowest BCUT2D eigenvalue weighted by molar-refractivity contribution is -0.139. The van der Waals surface area contributed by atoms with Gasteiger partial charge in [0.1, 0.15) is 34.9 Å². The summed E-state index contributed by atoms with van der Waals surface area (Å²) >= 11 is 1.15. The zero-order chi connectivity index (χ0) is 30.1. The van der Waals surface area contributed by atoms with Gasteiger partial charge in [-0.1, -0.05) is 12.1 Å². The number of aliphatic carboxylic acids is 1. The highest BCUT2D eigenvalue weighted by Gasteiger charge is 2.24. The number of hydrogen-bond acceptors (Lipinski definition) is 10.